The molecule has 1 fully saturated rings. The highest BCUT2D eigenvalue weighted by Crippen LogP contribution is 2.41. The minimum Gasteiger partial charge on any atom is -0.478 e. The van der Waals surface area contributed by atoms with E-state index in [1.807, 2.05) is 42.5 Å². The van der Waals surface area contributed by atoms with Gasteiger partial charge in [0.05, 0.1) is 5.56 Å². The number of halogens is 1. The lowest BCUT2D eigenvalue weighted by Crippen LogP contribution is -2.33. The van der Waals surface area contributed by atoms with E-state index in [1.165, 1.54) is 12.8 Å². The van der Waals surface area contributed by atoms with Crippen molar-refractivity contribution in [2.24, 2.45) is 5.92 Å². The van der Waals surface area contributed by atoms with Gasteiger partial charge in [0.2, 0.25) is 0 Å². The molecule has 1 aliphatic heterocycles. The van der Waals surface area contributed by atoms with E-state index in [-0.39, 0.29) is 5.91 Å². The first-order valence-electron chi connectivity index (χ1n) is 11.2. The summed E-state index contributed by atoms with van der Waals surface area (Å²) in [5, 5.41) is 4.46. The van der Waals surface area contributed by atoms with Gasteiger partial charge in [-0.05, 0) is 55.2 Å². The molecule has 1 N–H and O–H groups in total. The van der Waals surface area contributed by atoms with Gasteiger partial charge in [-0.15, -0.1) is 0 Å². The smallest absolute Gasteiger partial charge is 0.260 e. The first-order valence-corrected chi connectivity index (χ1v) is 11.6. The fraction of sp³-hybridized carbons (Fsp3) is 0.222. The predicted molar refractivity (Wildman–Crippen MR) is 130 cm³/mol. The number of amides is 1. The second-order valence-corrected chi connectivity index (χ2v) is 9.21. The molecule has 0 spiro atoms. The fourth-order valence-electron chi connectivity index (χ4n) is 4.48. The normalized spacial score (nSPS) is 15.8. The average Bonchev–Trinajstić information content (AvgIpc) is 3.56. The molecule has 0 atom stereocenters. The molecular formula is C27H23ClN2O3. The number of anilines is 1. The highest BCUT2D eigenvalue weighted by Gasteiger charge is 2.31. The molecule has 1 aromatic heterocycles. The Morgan fingerprint density at radius 2 is 1.82 bits per heavy atom. The lowest BCUT2D eigenvalue weighted by molar-refractivity contribution is 0.0918. The maximum Gasteiger partial charge on any atom is 0.260 e. The van der Waals surface area contributed by atoms with E-state index in [9.17, 15) is 4.79 Å². The number of ether oxygens (including phenoxy) is 1. The Morgan fingerprint density at radius 3 is 2.58 bits per heavy atom. The Kier molecular flexibility index (Phi) is 5.08. The van der Waals surface area contributed by atoms with E-state index >= 15 is 0 Å². The molecule has 6 rings (SSSR count). The van der Waals surface area contributed by atoms with Gasteiger partial charge in [-0.1, -0.05) is 41.9 Å². The first-order chi connectivity index (χ1) is 16.2. The van der Waals surface area contributed by atoms with Crippen molar-refractivity contribution in [3.05, 3.63) is 82.9 Å². The van der Waals surface area contributed by atoms with Crippen LogP contribution in [0.4, 0.5) is 5.69 Å². The van der Waals surface area contributed by atoms with E-state index in [0.717, 1.165) is 41.3 Å². The van der Waals surface area contributed by atoms with E-state index < -0.39 is 0 Å². The molecule has 166 valence electrons. The molecule has 1 amide bonds. The molecule has 1 aliphatic carbocycles. The van der Waals surface area contributed by atoms with Crippen LogP contribution < -0.4 is 10.1 Å². The maximum atomic E-state index is 13.7. The van der Waals surface area contributed by atoms with Crippen molar-refractivity contribution < 1.29 is 13.9 Å². The Labute approximate surface area is 196 Å². The van der Waals surface area contributed by atoms with E-state index in [1.54, 1.807) is 24.3 Å². The van der Waals surface area contributed by atoms with Crippen LogP contribution >= 0.6 is 11.6 Å². The Morgan fingerprint density at radius 1 is 1.03 bits per heavy atom. The maximum absolute atomic E-state index is 13.7. The van der Waals surface area contributed by atoms with Gasteiger partial charge in [0, 0.05) is 40.3 Å². The number of benzene rings is 3. The molecule has 33 heavy (non-hydrogen) atoms. The van der Waals surface area contributed by atoms with Crippen molar-refractivity contribution in [3.8, 4) is 17.1 Å². The SMILES string of the molecule is O=C(Nc1ccc(Cl)cc1)c1c(-c2ccccc2)oc2ccc3c(c12)CN(CC1CC1)CO3. The summed E-state index contributed by atoms with van der Waals surface area (Å²) in [5.41, 5.74) is 3.75. The van der Waals surface area contributed by atoms with Crippen LogP contribution in [0.5, 0.6) is 5.75 Å². The molecule has 0 bridgehead atoms. The van der Waals surface area contributed by atoms with Crippen molar-refractivity contribution in [3.63, 3.8) is 0 Å². The number of rotatable bonds is 5. The van der Waals surface area contributed by atoms with Gasteiger partial charge in [-0.2, -0.15) is 0 Å². The number of hydrogen-bond donors (Lipinski definition) is 1. The Bertz CT molecular complexity index is 1330. The van der Waals surface area contributed by atoms with Crippen LogP contribution in [0.2, 0.25) is 5.02 Å². The summed E-state index contributed by atoms with van der Waals surface area (Å²) in [6, 6.07) is 20.7. The van der Waals surface area contributed by atoms with Crippen molar-refractivity contribution in [1.29, 1.82) is 0 Å². The summed E-state index contributed by atoms with van der Waals surface area (Å²) in [5.74, 6) is 1.91. The van der Waals surface area contributed by atoms with Crippen LogP contribution in [-0.2, 0) is 6.54 Å². The molecule has 2 aliphatic rings. The number of fused-ring (bicyclic) bond motifs is 3. The molecule has 2 heterocycles. The van der Waals surface area contributed by atoms with Gasteiger partial charge < -0.3 is 14.5 Å². The van der Waals surface area contributed by atoms with E-state index in [0.29, 0.717) is 34.3 Å². The molecule has 1 saturated carbocycles. The number of furan rings is 1. The number of carbonyl (C=O) groups excluding carboxylic acids is 1. The summed E-state index contributed by atoms with van der Waals surface area (Å²) in [6.45, 7) is 2.33. The van der Waals surface area contributed by atoms with Gasteiger partial charge in [-0.25, -0.2) is 0 Å². The zero-order valence-corrected chi connectivity index (χ0v) is 18.8. The number of hydrogen-bond acceptors (Lipinski definition) is 4. The largest absolute Gasteiger partial charge is 0.478 e. The van der Waals surface area contributed by atoms with Crippen LogP contribution in [-0.4, -0.2) is 24.1 Å². The van der Waals surface area contributed by atoms with Crippen LogP contribution in [0.3, 0.4) is 0 Å². The van der Waals surface area contributed by atoms with Crippen molar-refractivity contribution >= 4 is 34.2 Å². The number of nitrogens with one attached hydrogen (secondary N) is 1. The monoisotopic (exact) mass is 458 g/mol. The summed E-state index contributed by atoms with van der Waals surface area (Å²) in [6.07, 6.45) is 2.57. The fourth-order valence-corrected chi connectivity index (χ4v) is 4.61. The minimum absolute atomic E-state index is 0.220. The summed E-state index contributed by atoms with van der Waals surface area (Å²) in [7, 11) is 0. The molecule has 0 saturated heterocycles. The summed E-state index contributed by atoms with van der Waals surface area (Å²) >= 11 is 6.02. The third-order valence-corrected chi connectivity index (χ3v) is 6.54. The van der Waals surface area contributed by atoms with Crippen LogP contribution in [0, 0.1) is 5.92 Å². The lowest BCUT2D eigenvalue weighted by atomic mass is 9.99. The molecule has 3 aromatic carbocycles. The van der Waals surface area contributed by atoms with Crippen molar-refractivity contribution in [2.75, 3.05) is 18.6 Å². The van der Waals surface area contributed by atoms with E-state index in [2.05, 4.69) is 10.2 Å². The highest BCUT2D eigenvalue weighted by molar-refractivity contribution is 6.30. The standard InChI is InChI=1S/C27H23ClN2O3/c28-19-8-10-20(11-9-19)29-27(31)25-24-21-15-30(14-17-6-7-17)16-32-22(21)12-13-23(24)33-26(25)18-4-2-1-3-5-18/h1-5,8-13,17H,6-7,14-16H2,(H,29,31). The lowest BCUT2D eigenvalue weighted by Gasteiger charge is -2.29. The Hall–Kier alpha value is -3.28. The molecule has 0 radical (unpaired) electrons. The molecule has 4 aromatic rings. The van der Waals surface area contributed by atoms with Crippen molar-refractivity contribution in [2.45, 2.75) is 19.4 Å². The molecule has 6 heteroatoms. The van der Waals surface area contributed by atoms with Crippen LogP contribution in [0.25, 0.3) is 22.3 Å². The van der Waals surface area contributed by atoms with Crippen LogP contribution in [0.15, 0.2) is 71.1 Å². The second-order valence-electron chi connectivity index (χ2n) is 8.78. The van der Waals surface area contributed by atoms with Crippen LogP contribution in [0.1, 0.15) is 28.8 Å². The molecule has 0 unspecified atom stereocenters. The van der Waals surface area contributed by atoms with E-state index in [4.69, 9.17) is 20.8 Å². The summed E-state index contributed by atoms with van der Waals surface area (Å²) < 4.78 is 12.4. The van der Waals surface area contributed by atoms with Gasteiger partial charge in [0.1, 0.15) is 23.8 Å². The zero-order chi connectivity index (χ0) is 22.4. The third-order valence-electron chi connectivity index (χ3n) is 6.28. The first kappa shape index (κ1) is 20.3. The van der Waals surface area contributed by atoms with Gasteiger partial charge in [0.25, 0.3) is 5.91 Å². The number of carbonyl (C=O) groups is 1. The van der Waals surface area contributed by atoms with Gasteiger partial charge in [0.15, 0.2) is 0 Å². The summed E-state index contributed by atoms with van der Waals surface area (Å²) in [4.78, 5) is 16.0. The van der Waals surface area contributed by atoms with Gasteiger partial charge in [-0.3, -0.25) is 9.69 Å². The molecular weight excluding hydrogens is 436 g/mol. The Balaban J connectivity index is 1.48. The highest BCUT2D eigenvalue weighted by atomic mass is 35.5. The quantitative estimate of drug-likeness (QED) is 0.367. The second kappa shape index (κ2) is 8.25. The average molecular weight is 459 g/mol. The van der Waals surface area contributed by atoms with Gasteiger partial charge >= 0.3 is 0 Å². The topological polar surface area (TPSA) is 54.7 Å². The molecule has 5 nitrogen and oxygen atoms in total. The predicted octanol–water partition coefficient (Wildman–Crippen LogP) is 6.57. The zero-order valence-electron chi connectivity index (χ0n) is 18.0. The van der Waals surface area contributed by atoms with Crippen molar-refractivity contribution in [1.82, 2.24) is 4.90 Å². The minimum atomic E-state index is -0.220. The number of nitrogens with zero attached hydrogens (tertiary/aromatic N) is 1. The third kappa shape index (κ3) is 3.99.